The van der Waals surface area contributed by atoms with Crippen LogP contribution in [0.25, 0.3) is 0 Å². The van der Waals surface area contributed by atoms with Crippen LogP contribution in [-0.4, -0.2) is 48.2 Å². The molecule has 1 rings (SSSR count). The van der Waals surface area contributed by atoms with Gasteiger partial charge in [0.05, 0.1) is 6.54 Å². The van der Waals surface area contributed by atoms with Crippen molar-refractivity contribution in [1.29, 1.82) is 0 Å². The Morgan fingerprint density at radius 2 is 2.31 bits per heavy atom. The van der Waals surface area contributed by atoms with Crippen LogP contribution in [0.2, 0.25) is 0 Å². The van der Waals surface area contributed by atoms with Crippen LogP contribution in [0.4, 0.5) is 13.6 Å². The Balaban J connectivity index is 2.29. The van der Waals surface area contributed by atoms with Crippen LogP contribution < -0.4 is 5.32 Å². The Bertz CT molecular complexity index is 239. The number of hydrogen-bond donors (Lipinski definition) is 2. The van der Waals surface area contributed by atoms with Crippen molar-refractivity contribution in [2.24, 2.45) is 5.92 Å². The number of alkyl halides is 2. The summed E-state index contributed by atoms with van der Waals surface area (Å²) in [5.41, 5.74) is 0. The predicted molar refractivity (Wildman–Crippen MR) is 55.4 cm³/mol. The molecule has 2 atom stereocenters. The molecule has 16 heavy (non-hydrogen) atoms. The fourth-order valence-corrected chi connectivity index (χ4v) is 1.77. The van der Waals surface area contributed by atoms with Gasteiger partial charge in [0.1, 0.15) is 6.10 Å². The Kier molecular flexibility index (Phi) is 4.92. The first-order valence-electron chi connectivity index (χ1n) is 5.49. The second-order valence-electron chi connectivity index (χ2n) is 4.28. The number of rotatable bonds is 3. The van der Waals surface area contributed by atoms with Crippen molar-refractivity contribution in [2.45, 2.75) is 32.3 Å². The molecule has 2 amide bonds. The summed E-state index contributed by atoms with van der Waals surface area (Å²) in [5, 5.41) is 11.2. The number of halogens is 2. The molecular weight excluding hydrogens is 218 g/mol. The molecule has 1 saturated heterocycles. The van der Waals surface area contributed by atoms with E-state index in [2.05, 4.69) is 5.32 Å². The van der Waals surface area contributed by atoms with Gasteiger partial charge in [0.15, 0.2) is 0 Å². The zero-order chi connectivity index (χ0) is 12.1. The van der Waals surface area contributed by atoms with Crippen LogP contribution in [0.1, 0.15) is 19.8 Å². The minimum Gasteiger partial charge on any atom is -0.385 e. The fraction of sp³-hybridized carbons (Fsp3) is 0.900. The molecule has 1 heterocycles. The van der Waals surface area contributed by atoms with Crippen molar-refractivity contribution in [3.63, 3.8) is 0 Å². The molecule has 0 aromatic rings. The highest BCUT2D eigenvalue weighted by molar-refractivity contribution is 5.74. The SMILES string of the molecule is CC1CCCN(C(=O)NCC(O)C(F)F)C1. The lowest BCUT2D eigenvalue weighted by Crippen LogP contribution is -2.47. The number of likely N-dealkylation sites (tertiary alicyclic amines) is 1. The van der Waals surface area contributed by atoms with Gasteiger partial charge in [0.25, 0.3) is 6.43 Å². The topological polar surface area (TPSA) is 52.6 Å². The summed E-state index contributed by atoms with van der Waals surface area (Å²) in [6.07, 6.45) is -2.58. The molecule has 2 unspecified atom stereocenters. The summed E-state index contributed by atoms with van der Waals surface area (Å²) in [6.45, 7) is 2.95. The lowest BCUT2D eigenvalue weighted by molar-refractivity contribution is -0.00248. The number of nitrogens with one attached hydrogen (secondary N) is 1. The van der Waals surface area contributed by atoms with Gasteiger partial charge in [-0.25, -0.2) is 13.6 Å². The number of aliphatic hydroxyl groups excluding tert-OH is 1. The first-order valence-corrected chi connectivity index (χ1v) is 5.49. The van der Waals surface area contributed by atoms with E-state index in [0.29, 0.717) is 19.0 Å². The molecule has 0 aromatic carbocycles. The highest BCUT2D eigenvalue weighted by atomic mass is 19.3. The molecule has 4 nitrogen and oxygen atoms in total. The average molecular weight is 236 g/mol. The van der Waals surface area contributed by atoms with E-state index in [-0.39, 0.29) is 6.03 Å². The molecule has 0 saturated carbocycles. The van der Waals surface area contributed by atoms with Crippen LogP contribution in [0.5, 0.6) is 0 Å². The molecule has 0 bridgehead atoms. The fourth-order valence-electron chi connectivity index (χ4n) is 1.77. The minimum absolute atomic E-state index is 0.369. The zero-order valence-corrected chi connectivity index (χ0v) is 9.33. The van der Waals surface area contributed by atoms with Crippen molar-refractivity contribution in [3.8, 4) is 0 Å². The van der Waals surface area contributed by atoms with E-state index < -0.39 is 19.1 Å². The standard InChI is InChI=1S/C10H18F2N2O2/c1-7-3-2-4-14(6-7)10(16)13-5-8(15)9(11)12/h7-9,15H,2-6H2,1H3,(H,13,16). The summed E-state index contributed by atoms with van der Waals surface area (Å²) < 4.78 is 23.9. The number of piperidine rings is 1. The van der Waals surface area contributed by atoms with Gasteiger partial charge in [-0.2, -0.15) is 0 Å². The van der Waals surface area contributed by atoms with E-state index in [1.807, 2.05) is 6.92 Å². The van der Waals surface area contributed by atoms with E-state index in [9.17, 15) is 13.6 Å². The number of amides is 2. The van der Waals surface area contributed by atoms with Crippen LogP contribution in [0.3, 0.4) is 0 Å². The van der Waals surface area contributed by atoms with E-state index >= 15 is 0 Å². The Morgan fingerprint density at radius 3 is 2.88 bits per heavy atom. The van der Waals surface area contributed by atoms with Gasteiger partial charge in [-0.15, -0.1) is 0 Å². The van der Waals surface area contributed by atoms with Crippen molar-refractivity contribution in [1.82, 2.24) is 10.2 Å². The Labute approximate surface area is 93.6 Å². The molecule has 1 aliphatic rings. The third-order valence-electron chi connectivity index (χ3n) is 2.70. The summed E-state index contributed by atoms with van der Waals surface area (Å²) in [7, 11) is 0. The van der Waals surface area contributed by atoms with Crippen LogP contribution in [0.15, 0.2) is 0 Å². The predicted octanol–water partition coefficient (Wildman–Crippen LogP) is 1.05. The maximum Gasteiger partial charge on any atom is 0.317 e. The number of hydrogen-bond acceptors (Lipinski definition) is 2. The quantitative estimate of drug-likeness (QED) is 0.769. The van der Waals surface area contributed by atoms with Crippen molar-refractivity contribution < 1.29 is 18.7 Å². The molecule has 0 spiro atoms. The van der Waals surface area contributed by atoms with Gasteiger partial charge in [-0.1, -0.05) is 6.92 Å². The third kappa shape index (κ3) is 3.92. The van der Waals surface area contributed by atoms with Crippen LogP contribution in [-0.2, 0) is 0 Å². The van der Waals surface area contributed by atoms with Gasteiger partial charge < -0.3 is 15.3 Å². The minimum atomic E-state index is -2.82. The molecule has 0 aromatic heterocycles. The monoisotopic (exact) mass is 236 g/mol. The zero-order valence-electron chi connectivity index (χ0n) is 9.33. The van der Waals surface area contributed by atoms with Gasteiger partial charge in [0, 0.05) is 13.1 Å². The van der Waals surface area contributed by atoms with Gasteiger partial charge in [0.2, 0.25) is 0 Å². The number of aliphatic hydroxyl groups is 1. The lowest BCUT2D eigenvalue weighted by atomic mass is 10.0. The summed E-state index contributed by atoms with van der Waals surface area (Å²) in [4.78, 5) is 13.1. The molecule has 94 valence electrons. The third-order valence-corrected chi connectivity index (χ3v) is 2.70. The molecular formula is C10H18F2N2O2. The van der Waals surface area contributed by atoms with Crippen molar-refractivity contribution in [2.75, 3.05) is 19.6 Å². The molecule has 1 fully saturated rings. The summed E-state index contributed by atoms with van der Waals surface area (Å²) in [5.74, 6) is 0.444. The smallest absolute Gasteiger partial charge is 0.317 e. The van der Waals surface area contributed by atoms with Crippen LogP contribution in [0, 0.1) is 5.92 Å². The normalized spacial score (nSPS) is 23.3. The Morgan fingerprint density at radius 1 is 1.62 bits per heavy atom. The molecule has 1 aliphatic heterocycles. The van der Waals surface area contributed by atoms with Gasteiger partial charge in [-0.3, -0.25) is 0 Å². The first kappa shape index (κ1) is 13.2. The maximum atomic E-state index is 12.0. The molecule has 0 radical (unpaired) electrons. The van der Waals surface area contributed by atoms with E-state index in [4.69, 9.17) is 5.11 Å². The molecule has 2 N–H and O–H groups in total. The molecule has 6 heteroatoms. The second-order valence-corrected chi connectivity index (χ2v) is 4.28. The van der Waals surface area contributed by atoms with E-state index in [1.54, 1.807) is 4.90 Å². The maximum absolute atomic E-state index is 12.0. The largest absolute Gasteiger partial charge is 0.385 e. The highest BCUT2D eigenvalue weighted by Gasteiger charge is 2.23. The second kappa shape index (κ2) is 5.98. The lowest BCUT2D eigenvalue weighted by Gasteiger charge is -2.31. The van der Waals surface area contributed by atoms with Crippen molar-refractivity contribution in [3.05, 3.63) is 0 Å². The molecule has 0 aliphatic carbocycles. The van der Waals surface area contributed by atoms with E-state index in [1.165, 1.54) is 0 Å². The Hall–Kier alpha value is -0.910. The van der Waals surface area contributed by atoms with Gasteiger partial charge >= 0.3 is 6.03 Å². The summed E-state index contributed by atoms with van der Waals surface area (Å²) in [6, 6.07) is -0.369. The van der Waals surface area contributed by atoms with E-state index in [0.717, 1.165) is 12.8 Å². The highest BCUT2D eigenvalue weighted by Crippen LogP contribution is 2.15. The van der Waals surface area contributed by atoms with Gasteiger partial charge in [-0.05, 0) is 18.8 Å². The van der Waals surface area contributed by atoms with Crippen LogP contribution >= 0.6 is 0 Å². The number of carbonyl (C=O) groups is 1. The average Bonchev–Trinajstić information content (AvgIpc) is 2.25. The number of carbonyl (C=O) groups excluding carboxylic acids is 1. The first-order chi connectivity index (χ1) is 7.50. The van der Waals surface area contributed by atoms with Crippen molar-refractivity contribution >= 4 is 6.03 Å². The number of urea groups is 1. The number of nitrogens with zero attached hydrogens (tertiary/aromatic N) is 1. The summed E-state index contributed by atoms with van der Waals surface area (Å²) >= 11 is 0.